The highest BCUT2D eigenvalue weighted by Gasteiger charge is 2.27. The van der Waals surface area contributed by atoms with E-state index in [0.29, 0.717) is 6.04 Å². The van der Waals surface area contributed by atoms with Gasteiger partial charge in [0.25, 0.3) is 0 Å². The van der Waals surface area contributed by atoms with Crippen molar-refractivity contribution >= 4 is 22.8 Å². The molecule has 1 saturated carbocycles. The quantitative estimate of drug-likeness (QED) is 0.827. The minimum atomic E-state index is 0.389. The van der Waals surface area contributed by atoms with E-state index < -0.39 is 0 Å². The molecule has 1 fully saturated rings. The number of aliphatic imine (C=N–C) groups is 1. The number of rotatable bonds is 5. The van der Waals surface area contributed by atoms with Crippen LogP contribution in [0.5, 0.6) is 0 Å². The molecule has 2 aromatic rings. The molecular weight excluding hydrogens is 274 g/mol. The number of allylic oxidation sites excluding steroid dienone is 1. The maximum Gasteiger partial charge on any atom is 0.0922 e. The fourth-order valence-corrected chi connectivity index (χ4v) is 2.77. The van der Waals surface area contributed by atoms with E-state index in [4.69, 9.17) is 11.5 Å². The standard InChI is InChI=1S/C17H21N5/c18-6-5-12-7-14(8-12)20-10-13(9-19)17-11-21-15-3-1-2-4-16(15)22-17/h1-4,9-12,14H,5-8,18-19H2. The summed E-state index contributed by atoms with van der Waals surface area (Å²) >= 11 is 0. The smallest absolute Gasteiger partial charge is 0.0922 e. The lowest BCUT2D eigenvalue weighted by molar-refractivity contribution is 0.256. The summed E-state index contributed by atoms with van der Waals surface area (Å²) in [5.41, 5.74) is 14.6. The Morgan fingerprint density at radius 2 is 2.05 bits per heavy atom. The van der Waals surface area contributed by atoms with Gasteiger partial charge >= 0.3 is 0 Å². The van der Waals surface area contributed by atoms with Crippen LogP contribution in [0.1, 0.15) is 25.0 Å². The number of nitrogens with zero attached hydrogens (tertiary/aromatic N) is 3. The molecule has 0 aliphatic heterocycles. The number of fused-ring (bicyclic) bond motifs is 1. The molecule has 5 nitrogen and oxygen atoms in total. The second kappa shape index (κ2) is 6.66. The predicted molar refractivity (Wildman–Crippen MR) is 90.4 cm³/mol. The summed E-state index contributed by atoms with van der Waals surface area (Å²) in [5.74, 6) is 0.734. The van der Waals surface area contributed by atoms with E-state index in [1.54, 1.807) is 6.20 Å². The number of nitrogens with two attached hydrogens (primary N) is 2. The summed E-state index contributed by atoms with van der Waals surface area (Å²) in [7, 11) is 0. The predicted octanol–water partition coefficient (Wildman–Crippen LogP) is 2.13. The van der Waals surface area contributed by atoms with Gasteiger partial charge in [-0.25, -0.2) is 4.98 Å². The summed E-state index contributed by atoms with van der Waals surface area (Å²) in [6.45, 7) is 0.766. The first kappa shape index (κ1) is 14.7. The Balaban J connectivity index is 1.71. The van der Waals surface area contributed by atoms with Crippen LogP contribution in [0.15, 0.2) is 41.7 Å². The van der Waals surface area contributed by atoms with Crippen LogP contribution in [-0.2, 0) is 0 Å². The summed E-state index contributed by atoms with van der Waals surface area (Å²) in [6, 6.07) is 8.18. The monoisotopic (exact) mass is 295 g/mol. The van der Waals surface area contributed by atoms with Crippen molar-refractivity contribution in [1.29, 1.82) is 0 Å². The third-order valence-corrected chi connectivity index (χ3v) is 4.13. The van der Waals surface area contributed by atoms with E-state index in [-0.39, 0.29) is 0 Å². The van der Waals surface area contributed by atoms with Crippen LogP contribution in [0.4, 0.5) is 0 Å². The Kier molecular flexibility index (Phi) is 4.44. The summed E-state index contributed by atoms with van der Waals surface area (Å²) in [5, 5.41) is 0. The van der Waals surface area contributed by atoms with Crippen LogP contribution in [0.3, 0.4) is 0 Å². The van der Waals surface area contributed by atoms with E-state index in [0.717, 1.165) is 54.0 Å². The summed E-state index contributed by atoms with van der Waals surface area (Å²) in [6.07, 6.45) is 8.44. The molecule has 0 spiro atoms. The van der Waals surface area contributed by atoms with Gasteiger partial charge in [0, 0.05) is 18.0 Å². The van der Waals surface area contributed by atoms with Gasteiger partial charge in [-0.2, -0.15) is 0 Å². The van der Waals surface area contributed by atoms with Gasteiger partial charge in [0.1, 0.15) is 0 Å². The van der Waals surface area contributed by atoms with Gasteiger partial charge in [0.15, 0.2) is 0 Å². The second-order valence-corrected chi connectivity index (χ2v) is 5.71. The molecule has 22 heavy (non-hydrogen) atoms. The molecule has 1 heterocycles. The SMILES string of the molecule is NC=C(C=NC1CC(CCN)C1)c1cnc2ccccc2n1. The van der Waals surface area contributed by atoms with Gasteiger partial charge in [-0.05, 0) is 43.9 Å². The highest BCUT2D eigenvalue weighted by Crippen LogP contribution is 2.32. The zero-order valence-corrected chi connectivity index (χ0v) is 12.5. The maximum atomic E-state index is 5.73. The van der Waals surface area contributed by atoms with Crippen molar-refractivity contribution in [3.05, 3.63) is 42.4 Å². The first-order valence-corrected chi connectivity index (χ1v) is 7.67. The topological polar surface area (TPSA) is 90.2 Å². The lowest BCUT2D eigenvalue weighted by Gasteiger charge is -2.32. The third kappa shape index (κ3) is 3.14. The van der Waals surface area contributed by atoms with E-state index in [1.807, 2.05) is 30.5 Å². The van der Waals surface area contributed by atoms with Gasteiger partial charge in [-0.1, -0.05) is 12.1 Å². The Labute approximate surface area is 130 Å². The van der Waals surface area contributed by atoms with Gasteiger partial charge in [-0.15, -0.1) is 0 Å². The minimum Gasteiger partial charge on any atom is -0.404 e. The number of aromatic nitrogens is 2. The van der Waals surface area contributed by atoms with Crippen molar-refractivity contribution in [2.24, 2.45) is 22.4 Å². The molecule has 0 atom stereocenters. The molecule has 1 aliphatic carbocycles. The van der Waals surface area contributed by atoms with Gasteiger partial charge < -0.3 is 11.5 Å². The van der Waals surface area contributed by atoms with Gasteiger partial charge in [0.2, 0.25) is 0 Å². The van der Waals surface area contributed by atoms with Crippen molar-refractivity contribution in [2.75, 3.05) is 6.54 Å². The minimum absolute atomic E-state index is 0.389. The van der Waals surface area contributed by atoms with Crippen molar-refractivity contribution < 1.29 is 0 Å². The molecule has 1 aromatic carbocycles. The molecule has 0 radical (unpaired) electrons. The number of hydrogen-bond acceptors (Lipinski definition) is 5. The third-order valence-electron chi connectivity index (χ3n) is 4.13. The summed E-state index contributed by atoms with van der Waals surface area (Å²) in [4.78, 5) is 13.6. The molecule has 0 amide bonds. The van der Waals surface area contributed by atoms with Crippen LogP contribution in [-0.4, -0.2) is 28.8 Å². The number of benzene rings is 1. The van der Waals surface area contributed by atoms with Crippen LogP contribution >= 0.6 is 0 Å². The normalized spacial score (nSPS) is 22.1. The average Bonchev–Trinajstić information content (AvgIpc) is 2.52. The van der Waals surface area contributed by atoms with Crippen molar-refractivity contribution in [3.8, 4) is 0 Å². The average molecular weight is 295 g/mol. The van der Waals surface area contributed by atoms with Crippen LogP contribution in [0.2, 0.25) is 0 Å². The fourth-order valence-electron chi connectivity index (χ4n) is 2.77. The highest BCUT2D eigenvalue weighted by molar-refractivity contribution is 6.09. The van der Waals surface area contributed by atoms with Crippen molar-refractivity contribution in [2.45, 2.75) is 25.3 Å². The Hall–Kier alpha value is -2.27. The van der Waals surface area contributed by atoms with Gasteiger partial charge in [0.05, 0.1) is 29.0 Å². The Morgan fingerprint density at radius 3 is 2.77 bits per heavy atom. The first-order chi connectivity index (χ1) is 10.8. The molecule has 0 saturated heterocycles. The van der Waals surface area contributed by atoms with Crippen LogP contribution in [0.25, 0.3) is 16.6 Å². The van der Waals surface area contributed by atoms with Crippen molar-refractivity contribution in [3.63, 3.8) is 0 Å². The molecule has 1 aromatic heterocycles. The zero-order chi connectivity index (χ0) is 15.4. The van der Waals surface area contributed by atoms with Gasteiger partial charge in [-0.3, -0.25) is 9.98 Å². The molecule has 3 rings (SSSR count). The Morgan fingerprint density at radius 1 is 1.27 bits per heavy atom. The molecule has 0 bridgehead atoms. The maximum absolute atomic E-state index is 5.73. The Bertz CT molecular complexity index is 701. The molecule has 4 N–H and O–H groups in total. The van der Waals surface area contributed by atoms with Crippen LogP contribution < -0.4 is 11.5 Å². The number of hydrogen-bond donors (Lipinski definition) is 2. The van der Waals surface area contributed by atoms with Crippen LogP contribution in [0, 0.1) is 5.92 Å². The molecule has 5 heteroatoms. The lowest BCUT2D eigenvalue weighted by Crippen LogP contribution is -2.29. The molecular formula is C17H21N5. The largest absolute Gasteiger partial charge is 0.404 e. The van der Waals surface area contributed by atoms with E-state index in [1.165, 1.54) is 6.20 Å². The molecule has 0 unspecified atom stereocenters. The second-order valence-electron chi connectivity index (χ2n) is 5.71. The zero-order valence-electron chi connectivity index (χ0n) is 12.5. The molecule has 114 valence electrons. The number of para-hydroxylation sites is 2. The summed E-state index contributed by atoms with van der Waals surface area (Å²) < 4.78 is 0. The van der Waals surface area contributed by atoms with E-state index in [9.17, 15) is 0 Å². The first-order valence-electron chi connectivity index (χ1n) is 7.67. The van der Waals surface area contributed by atoms with E-state index in [2.05, 4.69) is 15.0 Å². The van der Waals surface area contributed by atoms with Crippen molar-refractivity contribution in [1.82, 2.24) is 9.97 Å². The van der Waals surface area contributed by atoms with E-state index >= 15 is 0 Å². The highest BCUT2D eigenvalue weighted by atomic mass is 14.8. The fraction of sp³-hybridized carbons (Fsp3) is 0.353. The lowest BCUT2D eigenvalue weighted by atomic mass is 9.78. The molecule has 1 aliphatic rings.